The van der Waals surface area contributed by atoms with E-state index < -0.39 is 0 Å². The van der Waals surface area contributed by atoms with Gasteiger partial charge in [-0.2, -0.15) is 5.10 Å². The number of likely N-dealkylation sites (tertiary alicyclic amines) is 1. The highest BCUT2D eigenvalue weighted by molar-refractivity contribution is 5.59. The van der Waals surface area contributed by atoms with Gasteiger partial charge in [-0.15, -0.1) is 0 Å². The molecule has 1 atom stereocenters. The lowest BCUT2D eigenvalue weighted by atomic mass is 10.0. The zero-order valence-electron chi connectivity index (χ0n) is 9.16. The molecule has 84 valence electrons. The maximum Gasteiger partial charge on any atom is 0.142 e. The Hall–Kier alpha value is -1.23. The number of hydrogen-bond donors (Lipinski definition) is 3. The van der Waals surface area contributed by atoms with E-state index in [-0.39, 0.29) is 0 Å². The smallest absolute Gasteiger partial charge is 0.142 e. The lowest BCUT2D eigenvalue weighted by Crippen LogP contribution is -2.40. The number of nitrogens with zero attached hydrogens (tertiary/aromatic N) is 2. The van der Waals surface area contributed by atoms with E-state index in [1.807, 2.05) is 0 Å². The van der Waals surface area contributed by atoms with Crippen molar-refractivity contribution in [1.82, 2.24) is 15.1 Å². The highest BCUT2D eigenvalue weighted by atomic mass is 15.2. The fourth-order valence-electron chi connectivity index (χ4n) is 2.07. The minimum atomic E-state index is 0.619. The predicted molar refractivity (Wildman–Crippen MR) is 61.8 cm³/mol. The molecule has 1 aromatic heterocycles. The third-order valence-corrected chi connectivity index (χ3v) is 3.12. The zero-order valence-corrected chi connectivity index (χ0v) is 9.16. The molecule has 5 heteroatoms. The molecule has 1 aliphatic heterocycles. The summed E-state index contributed by atoms with van der Waals surface area (Å²) in [4.78, 5) is 2.41. The summed E-state index contributed by atoms with van der Waals surface area (Å²) in [6, 6.07) is 0.619. The van der Waals surface area contributed by atoms with Crippen molar-refractivity contribution >= 4 is 11.5 Å². The molecule has 2 heterocycles. The molecule has 0 aromatic carbocycles. The number of nitrogens with two attached hydrogens (primary N) is 1. The van der Waals surface area contributed by atoms with Gasteiger partial charge in [0, 0.05) is 12.6 Å². The average molecular weight is 209 g/mol. The van der Waals surface area contributed by atoms with Crippen molar-refractivity contribution in [2.75, 3.05) is 31.2 Å². The second-order valence-electron chi connectivity index (χ2n) is 4.21. The van der Waals surface area contributed by atoms with E-state index in [2.05, 4.69) is 27.5 Å². The normalized spacial score (nSPS) is 22.9. The molecule has 4 N–H and O–H groups in total. The van der Waals surface area contributed by atoms with Crippen LogP contribution in [0.3, 0.4) is 0 Å². The number of rotatable bonds is 3. The Labute approximate surface area is 90.0 Å². The Morgan fingerprint density at radius 1 is 1.67 bits per heavy atom. The molecule has 0 bridgehead atoms. The Kier molecular flexibility index (Phi) is 3.11. The van der Waals surface area contributed by atoms with E-state index in [1.165, 1.54) is 25.8 Å². The third kappa shape index (κ3) is 2.41. The summed E-state index contributed by atoms with van der Waals surface area (Å²) in [6.45, 7) is 2.15. The molecule has 15 heavy (non-hydrogen) atoms. The number of likely N-dealkylation sites (N-methyl/N-ethyl adjacent to an activating group) is 1. The number of piperidine rings is 1. The lowest BCUT2D eigenvalue weighted by molar-refractivity contribution is 0.194. The van der Waals surface area contributed by atoms with Crippen molar-refractivity contribution in [3.05, 3.63) is 6.20 Å². The number of hydrogen-bond acceptors (Lipinski definition) is 4. The van der Waals surface area contributed by atoms with Gasteiger partial charge >= 0.3 is 0 Å². The molecule has 0 saturated carbocycles. The van der Waals surface area contributed by atoms with Crippen molar-refractivity contribution in [2.45, 2.75) is 25.3 Å². The van der Waals surface area contributed by atoms with Crippen molar-refractivity contribution in [2.24, 2.45) is 0 Å². The molecule has 1 unspecified atom stereocenters. The van der Waals surface area contributed by atoms with Gasteiger partial charge in [0.2, 0.25) is 0 Å². The number of H-pyrrole nitrogens is 1. The van der Waals surface area contributed by atoms with E-state index in [0.717, 1.165) is 12.2 Å². The maximum atomic E-state index is 5.70. The Morgan fingerprint density at radius 2 is 2.53 bits per heavy atom. The SMILES string of the molecule is CN1CCCCC1CNc1cn[nH]c1N. The first-order valence-electron chi connectivity index (χ1n) is 5.50. The summed E-state index contributed by atoms with van der Waals surface area (Å²) in [5.74, 6) is 0.619. The minimum absolute atomic E-state index is 0.619. The summed E-state index contributed by atoms with van der Waals surface area (Å²) in [7, 11) is 2.18. The van der Waals surface area contributed by atoms with Crippen LogP contribution in [-0.2, 0) is 0 Å². The van der Waals surface area contributed by atoms with E-state index in [1.54, 1.807) is 6.20 Å². The predicted octanol–water partition coefficient (Wildman–Crippen LogP) is 0.888. The highest BCUT2D eigenvalue weighted by Crippen LogP contribution is 2.17. The van der Waals surface area contributed by atoms with Crippen LogP contribution in [0.1, 0.15) is 19.3 Å². The van der Waals surface area contributed by atoms with Crippen molar-refractivity contribution in [1.29, 1.82) is 0 Å². The lowest BCUT2D eigenvalue weighted by Gasteiger charge is -2.32. The number of nitrogens with one attached hydrogen (secondary N) is 2. The van der Waals surface area contributed by atoms with Gasteiger partial charge in [-0.3, -0.25) is 5.10 Å². The quantitative estimate of drug-likeness (QED) is 0.691. The van der Waals surface area contributed by atoms with Crippen molar-refractivity contribution in [3.8, 4) is 0 Å². The molecular formula is C10H19N5. The van der Waals surface area contributed by atoms with Gasteiger partial charge in [0.1, 0.15) is 5.82 Å². The van der Waals surface area contributed by atoms with E-state index in [9.17, 15) is 0 Å². The number of aromatic amines is 1. The molecule has 1 aromatic rings. The first-order chi connectivity index (χ1) is 7.27. The summed E-state index contributed by atoms with van der Waals surface area (Å²) in [5, 5.41) is 9.93. The van der Waals surface area contributed by atoms with Gasteiger partial charge < -0.3 is 16.0 Å². The van der Waals surface area contributed by atoms with Gasteiger partial charge in [0.05, 0.1) is 11.9 Å². The van der Waals surface area contributed by atoms with Crippen LogP contribution in [0.4, 0.5) is 11.5 Å². The molecule has 0 aliphatic carbocycles. The van der Waals surface area contributed by atoms with Crippen LogP contribution in [0.2, 0.25) is 0 Å². The Bertz CT molecular complexity index is 309. The molecular weight excluding hydrogens is 190 g/mol. The number of nitrogen functional groups attached to an aromatic ring is 1. The summed E-state index contributed by atoms with van der Waals surface area (Å²) in [6.07, 6.45) is 5.65. The number of anilines is 2. The third-order valence-electron chi connectivity index (χ3n) is 3.12. The largest absolute Gasteiger partial charge is 0.382 e. The Balaban J connectivity index is 1.84. The second kappa shape index (κ2) is 4.53. The van der Waals surface area contributed by atoms with Crippen LogP contribution in [0.15, 0.2) is 6.20 Å². The maximum absolute atomic E-state index is 5.70. The van der Waals surface area contributed by atoms with Crippen LogP contribution in [0.25, 0.3) is 0 Å². The molecule has 0 amide bonds. The molecule has 5 nitrogen and oxygen atoms in total. The monoisotopic (exact) mass is 209 g/mol. The number of aromatic nitrogens is 2. The standard InChI is InChI=1S/C10H19N5/c1-15-5-3-2-4-8(15)6-12-9-7-13-14-10(9)11/h7-8,12H,2-6H2,1H3,(H3,11,13,14). The van der Waals surface area contributed by atoms with Crippen LogP contribution in [0.5, 0.6) is 0 Å². The fraction of sp³-hybridized carbons (Fsp3) is 0.700. The molecule has 1 saturated heterocycles. The highest BCUT2D eigenvalue weighted by Gasteiger charge is 2.18. The van der Waals surface area contributed by atoms with E-state index in [4.69, 9.17) is 5.73 Å². The second-order valence-corrected chi connectivity index (χ2v) is 4.21. The van der Waals surface area contributed by atoms with E-state index in [0.29, 0.717) is 11.9 Å². The molecule has 2 rings (SSSR count). The van der Waals surface area contributed by atoms with Crippen LogP contribution >= 0.6 is 0 Å². The summed E-state index contributed by atoms with van der Waals surface area (Å²) >= 11 is 0. The molecule has 1 aliphatic rings. The van der Waals surface area contributed by atoms with Crippen LogP contribution < -0.4 is 11.1 Å². The van der Waals surface area contributed by atoms with Crippen molar-refractivity contribution < 1.29 is 0 Å². The molecule has 0 spiro atoms. The summed E-state index contributed by atoms with van der Waals surface area (Å²) < 4.78 is 0. The van der Waals surface area contributed by atoms with Gasteiger partial charge in [0.15, 0.2) is 0 Å². The van der Waals surface area contributed by atoms with Crippen LogP contribution in [0, 0.1) is 0 Å². The summed E-state index contributed by atoms with van der Waals surface area (Å²) in [5.41, 5.74) is 6.61. The first kappa shape index (κ1) is 10.3. The van der Waals surface area contributed by atoms with Crippen LogP contribution in [-0.4, -0.2) is 41.3 Å². The van der Waals surface area contributed by atoms with Gasteiger partial charge in [-0.05, 0) is 26.4 Å². The molecule has 1 fully saturated rings. The van der Waals surface area contributed by atoms with Gasteiger partial charge in [-0.25, -0.2) is 0 Å². The van der Waals surface area contributed by atoms with Crippen molar-refractivity contribution in [3.63, 3.8) is 0 Å². The van der Waals surface area contributed by atoms with Gasteiger partial charge in [0.25, 0.3) is 0 Å². The van der Waals surface area contributed by atoms with Gasteiger partial charge in [-0.1, -0.05) is 6.42 Å². The van der Waals surface area contributed by atoms with E-state index >= 15 is 0 Å². The molecule has 0 radical (unpaired) electrons. The Morgan fingerprint density at radius 3 is 3.20 bits per heavy atom. The fourth-order valence-corrected chi connectivity index (χ4v) is 2.07. The average Bonchev–Trinajstić information content (AvgIpc) is 2.63. The topological polar surface area (TPSA) is 70.0 Å². The first-order valence-corrected chi connectivity index (χ1v) is 5.50. The zero-order chi connectivity index (χ0) is 10.7. The minimum Gasteiger partial charge on any atom is -0.382 e.